The van der Waals surface area contributed by atoms with Crippen molar-refractivity contribution in [2.24, 2.45) is 16.5 Å². The zero-order valence-electron chi connectivity index (χ0n) is 9.87. The molecule has 17 heavy (non-hydrogen) atoms. The van der Waals surface area contributed by atoms with Crippen molar-refractivity contribution < 1.29 is 0 Å². The molecule has 1 aromatic carbocycles. The number of nitrogens with zero attached hydrogens (tertiary/aromatic N) is 2. The first-order chi connectivity index (χ1) is 7.95. The van der Waals surface area contributed by atoms with E-state index in [1.165, 1.54) is 0 Å². The molecule has 0 unspecified atom stereocenters. The van der Waals surface area contributed by atoms with Crippen molar-refractivity contribution >= 4 is 29.2 Å². The Balaban J connectivity index is 3.10. The minimum absolute atomic E-state index is 0.0294. The zero-order chi connectivity index (χ0) is 13.0. The van der Waals surface area contributed by atoms with Crippen molar-refractivity contribution in [2.45, 2.75) is 13.8 Å². The molecule has 0 saturated carbocycles. The maximum absolute atomic E-state index is 7.78. The van der Waals surface area contributed by atoms with Gasteiger partial charge in [-0.1, -0.05) is 17.7 Å². The van der Waals surface area contributed by atoms with Gasteiger partial charge in [-0.25, -0.2) is 0 Å². The first kappa shape index (κ1) is 13.3. The van der Waals surface area contributed by atoms with Gasteiger partial charge >= 0.3 is 0 Å². The highest BCUT2D eigenvalue weighted by atomic mass is 35.5. The summed E-state index contributed by atoms with van der Waals surface area (Å²) in [5.74, 6) is -0.171. The van der Waals surface area contributed by atoms with Gasteiger partial charge in [0.25, 0.3) is 0 Å². The summed E-state index contributed by atoms with van der Waals surface area (Å²) in [6.45, 7) is 4.40. The van der Waals surface area contributed by atoms with E-state index >= 15 is 0 Å². The molecule has 0 aromatic heterocycles. The molecule has 5 N–H and O–H groups in total. The Hall–Kier alpha value is -1.75. The predicted octanol–water partition coefficient (Wildman–Crippen LogP) is 1.68. The second kappa shape index (κ2) is 5.54. The number of aliphatic imine (C=N–C) groups is 1. The molecule has 0 saturated heterocycles. The van der Waals surface area contributed by atoms with Crippen molar-refractivity contribution in [3.05, 3.63) is 28.8 Å². The maximum Gasteiger partial charge on any atom is 0.225 e. The summed E-state index contributed by atoms with van der Waals surface area (Å²) in [6.07, 6.45) is 0. The summed E-state index contributed by atoms with van der Waals surface area (Å²) in [6, 6.07) is 5.60. The van der Waals surface area contributed by atoms with Crippen molar-refractivity contribution in [1.29, 1.82) is 5.41 Å². The molecule has 0 aliphatic heterocycles. The first-order valence-corrected chi connectivity index (χ1v) is 5.55. The van der Waals surface area contributed by atoms with Crippen LogP contribution in [0.15, 0.2) is 23.2 Å². The van der Waals surface area contributed by atoms with Crippen molar-refractivity contribution in [2.75, 3.05) is 11.4 Å². The van der Waals surface area contributed by atoms with Gasteiger partial charge in [0.1, 0.15) is 0 Å². The number of halogens is 1. The van der Waals surface area contributed by atoms with Crippen molar-refractivity contribution in [3.8, 4) is 0 Å². The molecule has 0 radical (unpaired) electrons. The van der Waals surface area contributed by atoms with Gasteiger partial charge < -0.3 is 16.4 Å². The van der Waals surface area contributed by atoms with Crippen LogP contribution in [-0.2, 0) is 0 Å². The molecule has 0 aliphatic carbocycles. The molecule has 0 aliphatic rings. The normalized spacial score (nSPS) is 9.82. The van der Waals surface area contributed by atoms with Gasteiger partial charge in [0, 0.05) is 6.54 Å². The highest BCUT2D eigenvalue weighted by Gasteiger charge is 2.13. The van der Waals surface area contributed by atoms with Crippen LogP contribution >= 0.6 is 11.6 Å². The second-order valence-corrected chi connectivity index (χ2v) is 3.97. The van der Waals surface area contributed by atoms with Crippen LogP contribution in [0.4, 0.5) is 5.69 Å². The molecule has 0 heterocycles. The highest BCUT2D eigenvalue weighted by molar-refractivity contribution is 6.34. The Bertz CT molecular complexity index is 451. The average molecular weight is 254 g/mol. The van der Waals surface area contributed by atoms with Crippen LogP contribution in [0.3, 0.4) is 0 Å². The number of nitrogens with two attached hydrogens (primary N) is 2. The van der Waals surface area contributed by atoms with Gasteiger partial charge in [-0.05, 0) is 31.5 Å². The third-order valence-corrected chi connectivity index (χ3v) is 2.50. The second-order valence-electron chi connectivity index (χ2n) is 3.56. The van der Waals surface area contributed by atoms with Crippen LogP contribution in [-0.4, -0.2) is 18.5 Å². The topological polar surface area (TPSA) is 91.5 Å². The lowest BCUT2D eigenvalue weighted by molar-refractivity contribution is 1.03. The third kappa shape index (κ3) is 3.35. The lowest BCUT2D eigenvalue weighted by Gasteiger charge is -2.22. The molecular weight excluding hydrogens is 238 g/mol. The fourth-order valence-electron chi connectivity index (χ4n) is 1.45. The fraction of sp³-hybridized carbons (Fsp3) is 0.273. The van der Waals surface area contributed by atoms with Crippen LogP contribution in [0.5, 0.6) is 0 Å². The number of rotatable bonds is 2. The molecule has 6 heteroatoms. The van der Waals surface area contributed by atoms with Crippen LogP contribution in [0, 0.1) is 12.3 Å². The Morgan fingerprint density at radius 1 is 1.47 bits per heavy atom. The molecule has 1 rings (SSSR count). The largest absolute Gasteiger partial charge is 0.370 e. The van der Waals surface area contributed by atoms with Gasteiger partial charge in [-0.3, -0.25) is 5.41 Å². The molecule has 0 fully saturated rings. The van der Waals surface area contributed by atoms with Crippen LogP contribution in [0.2, 0.25) is 5.02 Å². The lowest BCUT2D eigenvalue weighted by atomic mass is 10.2. The van der Waals surface area contributed by atoms with Crippen LogP contribution in [0.25, 0.3) is 0 Å². The molecular formula is C11H16ClN5. The Kier molecular flexibility index (Phi) is 4.34. The predicted molar refractivity (Wildman–Crippen MR) is 72.7 cm³/mol. The number of nitrogens with one attached hydrogen (secondary N) is 1. The summed E-state index contributed by atoms with van der Waals surface area (Å²) in [4.78, 5) is 5.34. The Labute approximate surface area is 106 Å². The summed E-state index contributed by atoms with van der Waals surface area (Å²) in [5.41, 5.74) is 12.3. The SMILES string of the molecule is CCN(C(=N)N=C(N)N)c1ccc(C)cc1Cl. The lowest BCUT2D eigenvalue weighted by Crippen LogP contribution is -2.33. The number of hydrogen-bond donors (Lipinski definition) is 3. The van der Waals surface area contributed by atoms with Gasteiger partial charge in [0.05, 0.1) is 10.7 Å². The molecule has 0 spiro atoms. The van der Waals surface area contributed by atoms with Gasteiger partial charge in [0.2, 0.25) is 5.96 Å². The summed E-state index contributed by atoms with van der Waals surface area (Å²) in [5, 5.41) is 8.36. The summed E-state index contributed by atoms with van der Waals surface area (Å²) < 4.78 is 0. The van der Waals surface area contributed by atoms with Gasteiger partial charge in [-0.2, -0.15) is 4.99 Å². The van der Waals surface area contributed by atoms with Crippen LogP contribution in [0.1, 0.15) is 12.5 Å². The summed E-state index contributed by atoms with van der Waals surface area (Å²) >= 11 is 6.13. The first-order valence-electron chi connectivity index (χ1n) is 5.17. The number of benzene rings is 1. The van der Waals surface area contributed by atoms with E-state index in [2.05, 4.69) is 4.99 Å². The van der Waals surface area contributed by atoms with Crippen molar-refractivity contribution in [1.82, 2.24) is 0 Å². The monoisotopic (exact) mass is 253 g/mol. The Morgan fingerprint density at radius 2 is 2.12 bits per heavy atom. The standard InChI is InChI=1S/C11H16ClN5/c1-3-17(11(15)16-10(13)14)9-5-4-7(2)6-8(9)12/h4-6H,3H2,1-2H3,(H5,13,14,15,16). The molecule has 92 valence electrons. The quantitative estimate of drug-likeness (QED) is 0.553. The Morgan fingerprint density at radius 3 is 2.59 bits per heavy atom. The van der Waals surface area contributed by atoms with Crippen molar-refractivity contribution in [3.63, 3.8) is 0 Å². The molecule has 1 aromatic rings. The number of guanidine groups is 2. The van der Waals surface area contributed by atoms with E-state index in [4.69, 9.17) is 28.5 Å². The number of aryl methyl sites for hydroxylation is 1. The highest BCUT2D eigenvalue weighted by Crippen LogP contribution is 2.26. The molecule has 0 amide bonds. The maximum atomic E-state index is 7.78. The third-order valence-electron chi connectivity index (χ3n) is 2.20. The van der Waals surface area contributed by atoms with E-state index in [1.54, 1.807) is 4.90 Å². The molecule has 0 atom stereocenters. The van der Waals surface area contributed by atoms with Crippen LogP contribution < -0.4 is 16.4 Å². The van der Waals surface area contributed by atoms with E-state index in [9.17, 15) is 0 Å². The van der Waals surface area contributed by atoms with Gasteiger partial charge in [0.15, 0.2) is 5.96 Å². The minimum atomic E-state index is -0.142. The average Bonchev–Trinajstić information content (AvgIpc) is 2.21. The van der Waals surface area contributed by atoms with Gasteiger partial charge in [-0.15, -0.1) is 0 Å². The van der Waals surface area contributed by atoms with E-state index < -0.39 is 0 Å². The number of anilines is 1. The zero-order valence-corrected chi connectivity index (χ0v) is 10.6. The fourth-order valence-corrected chi connectivity index (χ4v) is 1.78. The van der Waals surface area contributed by atoms with E-state index in [0.29, 0.717) is 11.6 Å². The van der Waals surface area contributed by atoms with E-state index in [1.807, 2.05) is 32.0 Å². The number of hydrogen-bond acceptors (Lipinski definition) is 1. The van der Waals surface area contributed by atoms with E-state index in [0.717, 1.165) is 11.3 Å². The molecule has 5 nitrogen and oxygen atoms in total. The smallest absolute Gasteiger partial charge is 0.225 e. The molecule has 0 bridgehead atoms. The van der Waals surface area contributed by atoms with E-state index in [-0.39, 0.29) is 11.9 Å². The minimum Gasteiger partial charge on any atom is -0.370 e. The summed E-state index contributed by atoms with van der Waals surface area (Å²) in [7, 11) is 0.